The number of fused-ring (bicyclic) bond motifs is 1. The van der Waals surface area contributed by atoms with Crippen LogP contribution < -0.4 is 5.73 Å². The van der Waals surface area contributed by atoms with Crippen molar-refractivity contribution in [2.75, 3.05) is 6.54 Å². The van der Waals surface area contributed by atoms with Gasteiger partial charge in [-0.1, -0.05) is 24.3 Å². The highest BCUT2D eigenvalue weighted by molar-refractivity contribution is 5.82. The van der Waals surface area contributed by atoms with Crippen LogP contribution in [0.5, 0.6) is 5.75 Å². The average molecular weight is 324 g/mol. The summed E-state index contributed by atoms with van der Waals surface area (Å²) in [6.45, 7) is 5.24. The largest absolute Gasteiger partial charge is 0.508 e. The summed E-state index contributed by atoms with van der Waals surface area (Å²) in [7, 11) is 0. The van der Waals surface area contributed by atoms with Crippen molar-refractivity contribution in [1.82, 2.24) is 4.90 Å². The minimum absolute atomic E-state index is 0.00335. The van der Waals surface area contributed by atoms with Crippen molar-refractivity contribution in [3.05, 3.63) is 64.2 Å². The van der Waals surface area contributed by atoms with Gasteiger partial charge in [-0.25, -0.2) is 0 Å². The number of amides is 1. The normalized spacial score (nSPS) is 15.0. The van der Waals surface area contributed by atoms with Crippen LogP contribution in [-0.2, 0) is 24.2 Å². The van der Waals surface area contributed by atoms with Gasteiger partial charge in [0.2, 0.25) is 5.91 Å². The van der Waals surface area contributed by atoms with E-state index in [4.69, 9.17) is 5.73 Å². The summed E-state index contributed by atoms with van der Waals surface area (Å²) in [5.74, 6) is 0.248. The monoisotopic (exact) mass is 324 g/mol. The van der Waals surface area contributed by atoms with Crippen molar-refractivity contribution >= 4 is 5.91 Å². The summed E-state index contributed by atoms with van der Waals surface area (Å²) in [5, 5.41) is 9.65. The van der Waals surface area contributed by atoms with Gasteiger partial charge in [0.15, 0.2) is 0 Å². The number of carbonyl (C=O) groups excluding carboxylic acids is 1. The van der Waals surface area contributed by atoms with Gasteiger partial charge in [-0.3, -0.25) is 4.79 Å². The van der Waals surface area contributed by atoms with Crippen LogP contribution >= 0.6 is 0 Å². The molecule has 0 spiro atoms. The number of nitrogens with zero attached hydrogens (tertiary/aromatic N) is 1. The fraction of sp³-hybridized carbons (Fsp3) is 0.350. The fourth-order valence-electron chi connectivity index (χ4n) is 3.52. The van der Waals surface area contributed by atoms with Crippen LogP contribution in [0.1, 0.15) is 27.8 Å². The third kappa shape index (κ3) is 3.29. The van der Waals surface area contributed by atoms with E-state index < -0.39 is 6.04 Å². The van der Waals surface area contributed by atoms with E-state index in [1.54, 1.807) is 12.1 Å². The Labute approximate surface area is 142 Å². The van der Waals surface area contributed by atoms with E-state index in [1.165, 1.54) is 11.1 Å². The summed E-state index contributed by atoms with van der Waals surface area (Å²) in [6, 6.07) is 11.1. The fourth-order valence-corrected chi connectivity index (χ4v) is 3.52. The van der Waals surface area contributed by atoms with Gasteiger partial charge < -0.3 is 15.7 Å². The lowest BCUT2D eigenvalue weighted by molar-refractivity contribution is -0.133. The predicted molar refractivity (Wildman–Crippen MR) is 94.8 cm³/mol. The maximum atomic E-state index is 12.8. The highest BCUT2D eigenvalue weighted by atomic mass is 16.3. The zero-order valence-corrected chi connectivity index (χ0v) is 14.2. The summed E-state index contributed by atoms with van der Waals surface area (Å²) in [5.41, 5.74) is 11.7. The first-order chi connectivity index (χ1) is 11.5. The molecule has 4 nitrogen and oxygen atoms in total. The number of hydrogen-bond donors (Lipinski definition) is 2. The molecule has 3 N–H and O–H groups in total. The van der Waals surface area contributed by atoms with Gasteiger partial charge in [-0.2, -0.15) is 0 Å². The maximum absolute atomic E-state index is 12.8. The molecule has 0 saturated carbocycles. The van der Waals surface area contributed by atoms with Gasteiger partial charge in [0, 0.05) is 13.1 Å². The average Bonchev–Trinajstić information content (AvgIpc) is 2.56. The van der Waals surface area contributed by atoms with Gasteiger partial charge in [0.25, 0.3) is 0 Å². The molecule has 0 aromatic heterocycles. The first kappa shape index (κ1) is 16.5. The smallest absolute Gasteiger partial charge is 0.240 e. The first-order valence-corrected chi connectivity index (χ1v) is 8.36. The summed E-state index contributed by atoms with van der Waals surface area (Å²) < 4.78 is 0. The Kier molecular flexibility index (Phi) is 4.58. The number of benzene rings is 2. The molecular formula is C20H24N2O2. The molecule has 4 heteroatoms. The first-order valence-electron chi connectivity index (χ1n) is 8.36. The molecule has 1 aliphatic heterocycles. The lowest BCUT2D eigenvalue weighted by Gasteiger charge is -2.31. The molecule has 3 rings (SSSR count). The van der Waals surface area contributed by atoms with Crippen LogP contribution in [0.15, 0.2) is 36.4 Å². The molecule has 1 aliphatic rings. The molecule has 2 aromatic carbocycles. The molecule has 0 fully saturated rings. The van der Waals surface area contributed by atoms with Crippen molar-refractivity contribution in [3.63, 3.8) is 0 Å². The highest BCUT2D eigenvalue weighted by Crippen LogP contribution is 2.23. The second kappa shape index (κ2) is 6.65. The van der Waals surface area contributed by atoms with Crippen molar-refractivity contribution in [1.29, 1.82) is 0 Å². The topological polar surface area (TPSA) is 66.6 Å². The number of phenols is 1. The molecule has 126 valence electrons. The van der Waals surface area contributed by atoms with Crippen LogP contribution in [0.2, 0.25) is 0 Å². The molecule has 0 unspecified atom stereocenters. The van der Waals surface area contributed by atoms with Gasteiger partial charge in [0.1, 0.15) is 5.75 Å². The van der Waals surface area contributed by atoms with E-state index in [0.717, 1.165) is 29.7 Å². The Hall–Kier alpha value is -2.33. The quantitative estimate of drug-likeness (QED) is 0.911. The van der Waals surface area contributed by atoms with Crippen molar-refractivity contribution in [2.45, 2.75) is 39.3 Å². The van der Waals surface area contributed by atoms with Gasteiger partial charge in [-0.05, 0) is 66.6 Å². The zero-order valence-electron chi connectivity index (χ0n) is 14.2. The number of nitrogens with two attached hydrogens (primary N) is 1. The van der Waals surface area contributed by atoms with Crippen LogP contribution in [0, 0.1) is 13.8 Å². The van der Waals surface area contributed by atoms with Crippen molar-refractivity contribution < 1.29 is 9.90 Å². The summed E-state index contributed by atoms with van der Waals surface area (Å²) in [6.07, 6.45) is 1.38. The van der Waals surface area contributed by atoms with Crippen LogP contribution in [0.3, 0.4) is 0 Å². The molecule has 1 heterocycles. The van der Waals surface area contributed by atoms with Crippen molar-refractivity contribution in [2.24, 2.45) is 5.73 Å². The third-order valence-electron chi connectivity index (χ3n) is 4.86. The molecular weight excluding hydrogens is 300 g/mol. The lowest BCUT2D eigenvalue weighted by Crippen LogP contribution is -2.46. The van der Waals surface area contributed by atoms with Crippen molar-refractivity contribution in [3.8, 4) is 5.75 Å². The SMILES string of the molecule is Cc1cc(O)cc(C)c1C[C@H](N)C(=O)N1CCc2ccccc2C1. The van der Waals surface area contributed by atoms with Crippen LogP contribution in [0.25, 0.3) is 0 Å². The molecule has 0 saturated heterocycles. The van der Waals surface area contributed by atoms with E-state index in [9.17, 15) is 9.90 Å². The third-order valence-corrected chi connectivity index (χ3v) is 4.86. The number of hydrogen-bond acceptors (Lipinski definition) is 3. The molecule has 1 atom stereocenters. The Morgan fingerprint density at radius 1 is 1.21 bits per heavy atom. The second-order valence-electron chi connectivity index (χ2n) is 6.65. The van der Waals surface area contributed by atoms with Gasteiger partial charge >= 0.3 is 0 Å². The lowest BCUT2D eigenvalue weighted by atomic mass is 9.94. The minimum Gasteiger partial charge on any atom is -0.508 e. The van der Waals surface area contributed by atoms with Gasteiger partial charge in [-0.15, -0.1) is 0 Å². The summed E-state index contributed by atoms with van der Waals surface area (Å²) in [4.78, 5) is 14.6. The Balaban J connectivity index is 1.72. The molecule has 0 aliphatic carbocycles. The number of aryl methyl sites for hydroxylation is 2. The minimum atomic E-state index is -0.558. The Morgan fingerprint density at radius 2 is 1.83 bits per heavy atom. The molecule has 24 heavy (non-hydrogen) atoms. The van der Waals surface area contributed by atoms with E-state index in [0.29, 0.717) is 13.0 Å². The molecule has 0 bridgehead atoms. The van der Waals surface area contributed by atoms with E-state index in [2.05, 4.69) is 12.1 Å². The van der Waals surface area contributed by atoms with Gasteiger partial charge in [0.05, 0.1) is 6.04 Å². The number of rotatable bonds is 3. The number of phenolic OH excluding ortho intramolecular Hbond substituents is 1. The molecule has 2 aromatic rings. The summed E-state index contributed by atoms with van der Waals surface area (Å²) >= 11 is 0. The predicted octanol–water partition coefficient (Wildman–Crippen LogP) is 2.46. The molecule has 0 radical (unpaired) electrons. The van der Waals surface area contributed by atoms with Crippen LogP contribution in [-0.4, -0.2) is 28.5 Å². The number of carbonyl (C=O) groups is 1. The standard InChI is InChI=1S/C20H24N2O2/c1-13-9-17(23)10-14(2)18(13)11-19(21)20(24)22-8-7-15-5-3-4-6-16(15)12-22/h3-6,9-10,19,23H,7-8,11-12,21H2,1-2H3/t19-/m0/s1. The van der Waals surface area contributed by atoms with E-state index in [-0.39, 0.29) is 11.7 Å². The van der Waals surface area contributed by atoms with Crippen LogP contribution in [0.4, 0.5) is 0 Å². The second-order valence-corrected chi connectivity index (χ2v) is 6.65. The Bertz CT molecular complexity index is 747. The highest BCUT2D eigenvalue weighted by Gasteiger charge is 2.25. The van der Waals surface area contributed by atoms with E-state index in [1.807, 2.05) is 30.9 Å². The van der Waals surface area contributed by atoms with E-state index >= 15 is 0 Å². The Morgan fingerprint density at radius 3 is 2.50 bits per heavy atom. The number of aromatic hydroxyl groups is 1. The molecule has 1 amide bonds. The zero-order chi connectivity index (χ0) is 17.3. The maximum Gasteiger partial charge on any atom is 0.240 e.